The van der Waals surface area contributed by atoms with Crippen molar-refractivity contribution < 1.29 is 0 Å². The molecular weight excluding hydrogens is 701 g/mol. The first-order valence-corrected chi connectivity index (χ1v) is 19.9. The number of para-hydroxylation sites is 3. The number of hydrogen-bond donors (Lipinski definition) is 0. The molecule has 1 heterocycles. The zero-order chi connectivity index (χ0) is 38.4. The molecule has 11 aromatic rings. The van der Waals surface area contributed by atoms with Gasteiger partial charge in [0.25, 0.3) is 0 Å². The number of nitrogens with zero attached hydrogens (tertiary/aromatic N) is 2. The van der Waals surface area contributed by atoms with E-state index in [2.05, 4.69) is 240 Å². The van der Waals surface area contributed by atoms with Crippen molar-refractivity contribution in [1.82, 2.24) is 4.57 Å². The number of anilines is 3. The van der Waals surface area contributed by atoms with E-state index in [0.717, 1.165) is 17.1 Å². The van der Waals surface area contributed by atoms with E-state index in [1.165, 1.54) is 82.4 Å². The first-order valence-electron chi connectivity index (χ1n) is 19.9. The van der Waals surface area contributed by atoms with E-state index in [0.29, 0.717) is 0 Å². The molecule has 0 aliphatic heterocycles. The Labute approximate surface area is 338 Å². The summed E-state index contributed by atoms with van der Waals surface area (Å²) in [6.07, 6.45) is 0. The Balaban J connectivity index is 0.932. The van der Waals surface area contributed by atoms with Gasteiger partial charge < -0.3 is 9.47 Å². The summed E-state index contributed by atoms with van der Waals surface area (Å²) in [4.78, 5) is 2.36. The van der Waals surface area contributed by atoms with E-state index < -0.39 is 0 Å². The van der Waals surface area contributed by atoms with E-state index in [4.69, 9.17) is 0 Å². The van der Waals surface area contributed by atoms with Gasteiger partial charge in [-0.1, -0.05) is 170 Å². The fourth-order valence-corrected chi connectivity index (χ4v) is 8.67. The lowest BCUT2D eigenvalue weighted by Gasteiger charge is -2.26. The Morgan fingerprint density at radius 1 is 0.276 bits per heavy atom. The fourth-order valence-electron chi connectivity index (χ4n) is 8.67. The Hall–Kier alpha value is -7.68. The van der Waals surface area contributed by atoms with Gasteiger partial charge in [0.1, 0.15) is 0 Å². The largest absolute Gasteiger partial charge is 0.310 e. The maximum Gasteiger partial charge on any atom is 0.0541 e. The molecule has 0 N–H and O–H groups in total. The summed E-state index contributed by atoms with van der Waals surface area (Å²) < 4.78 is 2.41. The molecule has 0 aliphatic carbocycles. The van der Waals surface area contributed by atoms with Gasteiger partial charge in [0.15, 0.2) is 0 Å². The minimum atomic E-state index is 1.11. The van der Waals surface area contributed by atoms with Crippen molar-refractivity contribution in [1.29, 1.82) is 0 Å². The van der Waals surface area contributed by atoms with Crippen LogP contribution in [0.3, 0.4) is 0 Å². The summed E-state index contributed by atoms with van der Waals surface area (Å²) in [5.74, 6) is 0. The third-order valence-electron chi connectivity index (χ3n) is 11.6. The fraction of sp³-hybridized carbons (Fsp3) is 0. The molecule has 0 spiro atoms. The first-order chi connectivity index (χ1) is 28.7. The Kier molecular flexibility index (Phi) is 8.19. The summed E-state index contributed by atoms with van der Waals surface area (Å²) >= 11 is 0. The lowest BCUT2D eigenvalue weighted by atomic mass is 9.98. The SMILES string of the molecule is c1ccc(-n2c3ccccc3c3ccccc32)c(-c2ccc(-c3ccc(N(c4ccc(-c5ccc6ccccc6c5)cc4)c4ccc5ccccc5c4)cc3)cc2)c1. The molecular formula is C56H38N2. The topological polar surface area (TPSA) is 8.17 Å². The third kappa shape index (κ3) is 5.91. The van der Waals surface area contributed by atoms with Gasteiger partial charge in [-0.3, -0.25) is 0 Å². The molecule has 0 amide bonds. The number of benzene rings is 10. The second kappa shape index (κ2) is 14.1. The Morgan fingerprint density at radius 2 is 0.690 bits per heavy atom. The molecule has 272 valence electrons. The summed E-state index contributed by atoms with van der Waals surface area (Å²) in [5, 5.41) is 7.49. The average molecular weight is 739 g/mol. The highest BCUT2D eigenvalue weighted by Crippen LogP contribution is 2.40. The van der Waals surface area contributed by atoms with Gasteiger partial charge in [-0.2, -0.15) is 0 Å². The van der Waals surface area contributed by atoms with Gasteiger partial charge in [0.05, 0.1) is 16.7 Å². The summed E-state index contributed by atoms with van der Waals surface area (Å²) in [5.41, 5.74) is 14.1. The molecule has 0 unspecified atom stereocenters. The molecule has 2 nitrogen and oxygen atoms in total. The predicted octanol–water partition coefficient (Wildman–Crippen LogP) is 15.6. The van der Waals surface area contributed by atoms with Crippen LogP contribution < -0.4 is 4.90 Å². The number of aromatic nitrogens is 1. The molecule has 0 radical (unpaired) electrons. The van der Waals surface area contributed by atoms with Crippen molar-refractivity contribution in [3.8, 4) is 39.1 Å². The van der Waals surface area contributed by atoms with Crippen LogP contribution in [0, 0.1) is 0 Å². The van der Waals surface area contributed by atoms with Gasteiger partial charge >= 0.3 is 0 Å². The van der Waals surface area contributed by atoms with E-state index in [-0.39, 0.29) is 0 Å². The van der Waals surface area contributed by atoms with Crippen molar-refractivity contribution in [3.05, 3.63) is 231 Å². The highest BCUT2D eigenvalue weighted by atomic mass is 15.1. The van der Waals surface area contributed by atoms with Crippen LogP contribution in [0.1, 0.15) is 0 Å². The van der Waals surface area contributed by atoms with Crippen LogP contribution in [0.5, 0.6) is 0 Å². The van der Waals surface area contributed by atoms with E-state index in [1.807, 2.05) is 0 Å². The lowest BCUT2D eigenvalue weighted by molar-refractivity contribution is 1.18. The number of rotatable bonds is 7. The zero-order valence-corrected chi connectivity index (χ0v) is 31.8. The monoisotopic (exact) mass is 738 g/mol. The zero-order valence-electron chi connectivity index (χ0n) is 31.8. The molecule has 58 heavy (non-hydrogen) atoms. The molecule has 11 rings (SSSR count). The smallest absolute Gasteiger partial charge is 0.0541 e. The molecule has 0 saturated heterocycles. The third-order valence-corrected chi connectivity index (χ3v) is 11.6. The van der Waals surface area contributed by atoms with Crippen molar-refractivity contribution in [2.45, 2.75) is 0 Å². The highest BCUT2D eigenvalue weighted by molar-refractivity contribution is 6.09. The second-order valence-corrected chi connectivity index (χ2v) is 15.0. The van der Waals surface area contributed by atoms with Gasteiger partial charge in [0.2, 0.25) is 0 Å². The minimum absolute atomic E-state index is 1.11. The predicted molar refractivity (Wildman–Crippen MR) is 247 cm³/mol. The maximum absolute atomic E-state index is 2.41. The van der Waals surface area contributed by atoms with Crippen LogP contribution in [-0.2, 0) is 0 Å². The van der Waals surface area contributed by atoms with Gasteiger partial charge in [-0.25, -0.2) is 0 Å². The maximum atomic E-state index is 2.41. The van der Waals surface area contributed by atoms with Gasteiger partial charge in [-0.05, 0) is 110 Å². The number of fused-ring (bicyclic) bond motifs is 5. The van der Waals surface area contributed by atoms with Crippen molar-refractivity contribution >= 4 is 60.4 Å². The normalized spacial score (nSPS) is 11.4. The highest BCUT2D eigenvalue weighted by Gasteiger charge is 2.17. The van der Waals surface area contributed by atoms with Crippen molar-refractivity contribution in [2.75, 3.05) is 4.90 Å². The molecule has 0 fully saturated rings. The van der Waals surface area contributed by atoms with Crippen LogP contribution in [0.25, 0.3) is 82.4 Å². The van der Waals surface area contributed by atoms with Crippen LogP contribution in [-0.4, -0.2) is 4.57 Å². The van der Waals surface area contributed by atoms with Crippen LogP contribution >= 0.6 is 0 Å². The lowest BCUT2D eigenvalue weighted by Crippen LogP contribution is -2.09. The molecule has 10 aromatic carbocycles. The van der Waals surface area contributed by atoms with Crippen LogP contribution in [0.15, 0.2) is 231 Å². The molecule has 2 heteroatoms. The minimum Gasteiger partial charge on any atom is -0.310 e. The standard InChI is InChI=1S/C56H38N2/c1-3-13-45-37-47(26-23-39(45)11-1)43-29-34-49(35-30-43)57(50-36-31-40-12-2-4-14-46(40)38-50)48-32-27-42(28-33-48)41-21-24-44(25-22-41)51-15-5-8-18-54(51)58-55-19-9-6-16-52(55)53-17-7-10-20-56(53)58/h1-38H. The van der Waals surface area contributed by atoms with E-state index in [9.17, 15) is 0 Å². The summed E-state index contributed by atoms with van der Waals surface area (Å²) in [6.45, 7) is 0. The Bertz CT molecular complexity index is 3210. The van der Waals surface area contributed by atoms with E-state index in [1.54, 1.807) is 0 Å². The van der Waals surface area contributed by atoms with Crippen molar-refractivity contribution in [2.24, 2.45) is 0 Å². The van der Waals surface area contributed by atoms with Crippen LogP contribution in [0.4, 0.5) is 17.1 Å². The molecule has 0 bridgehead atoms. The first kappa shape index (κ1) is 33.6. The molecule has 1 aromatic heterocycles. The molecule has 0 saturated carbocycles. The van der Waals surface area contributed by atoms with E-state index >= 15 is 0 Å². The van der Waals surface area contributed by atoms with Crippen molar-refractivity contribution in [3.63, 3.8) is 0 Å². The van der Waals surface area contributed by atoms with Crippen LogP contribution in [0.2, 0.25) is 0 Å². The molecule has 0 aliphatic rings. The van der Waals surface area contributed by atoms with Gasteiger partial charge in [-0.15, -0.1) is 0 Å². The van der Waals surface area contributed by atoms with Gasteiger partial charge in [0, 0.05) is 33.4 Å². The quantitative estimate of drug-likeness (QED) is 0.158. The average Bonchev–Trinajstić information content (AvgIpc) is 3.64. The molecule has 0 atom stereocenters. The summed E-state index contributed by atoms with van der Waals surface area (Å²) in [6, 6.07) is 83.6. The second-order valence-electron chi connectivity index (χ2n) is 15.0. The number of hydrogen-bond acceptors (Lipinski definition) is 1. The summed E-state index contributed by atoms with van der Waals surface area (Å²) in [7, 11) is 0. The Morgan fingerprint density at radius 3 is 1.31 bits per heavy atom.